The summed E-state index contributed by atoms with van der Waals surface area (Å²) in [6.45, 7) is 4.14. The maximum absolute atomic E-state index is 14.1. The van der Waals surface area contributed by atoms with Crippen molar-refractivity contribution in [2.75, 3.05) is 19.6 Å². The van der Waals surface area contributed by atoms with E-state index >= 15 is 0 Å². The normalized spacial score (nSPS) is 20.8. The van der Waals surface area contributed by atoms with Crippen LogP contribution in [-0.4, -0.2) is 52.5 Å². The first-order chi connectivity index (χ1) is 17.9. The zero-order valence-corrected chi connectivity index (χ0v) is 20.5. The van der Waals surface area contributed by atoms with Crippen LogP contribution in [0.15, 0.2) is 53.2 Å². The van der Waals surface area contributed by atoms with Crippen molar-refractivity contribution in [3.63, 3.8) is 0 Å². The summed E-state index contributed by atoms with van der Waals surface area (Å²) in [6.07, 6.45) is 4.72. The van der Waals surface area contributed by atoms with Gasteiger partial charge < -0.3 is 20.1 Å². The third kappa shape index (κ3) is 6.02. The van der Waals surface area contributed by atoms with Crippen LogP contribution < -0.4 is 10.6 Å². The minimum Gasteiger partial charge on any atom is -0.355 e. The Labute approximate surface area is 213 Å². The lowest BCUT2D eigenvalue weighted by atomic mass is 9.90. The number of halogens is 2. The van der Waals surface area contributed by atoms with Gasteiger partial charge in [-0.25, -0.2) is 8.78 Å². The second-order valence-electron chi connectivity index (χ2n) is 9.86. The van der Waals surface area contributed by atoms with Crippen molar-refractivity contribution in [2.24, 2.45) is 11.8 Å². The molecule has 194 valence electrons. The van der Waals surface area contributed by atoms with Gasteiger partial charge in [0.1, 0.15) is 11.6 Å². The first-order valence-electron chi connectivity index (χ1n) is 12.5. The molecule has 0 radical (unpaired) electrons. The topological polar surface area (TPSA) is 100 Å². The first-order valence-corrected chi connectivity index (χ1v) is 12.5. The van der Waals surface area contributed by atoms with Gasteiger partial charge in [0, 0.05) is 44.0 Å². The number of aromatic nitrogens is 2. The maximum Gasteiger partial charge on any atom is 0.273 e. The van der Waals surface area contributed by atoms with Crippen LogP contribution >= 0.6 is 0 Å². The van der Waals surface area contributed by atoms with E-state index in [1.54, 1.807) is 6.20 Å². The molecular weight excluding hydrogens is 480 g/mol. The molecule has 8 nitrogen and oxygen atoms in total. The van der Waals surface area contributed by atoms with Crippen molar-refractivity contribution in [2.45, 2.75) is 38.3 Å². The second-order valence-corrected chi connectivity index (χ2v) is 9.86. The smallest absolute Gasteiger partial charge is 0.273 e. The lowest BCUT2D eigenvalue weighted by molar-refractivity contribution is -0.128. The Morgan fingerprint density at radius 3 is 2.73 bits per heavy atom. The summed E-state index contributed by atoms with van der Waals surface area (Å²) in [7, 11) is 0. The molecule has 3 heterocycles. The fraction of sp³-hybridized carbons (Fsp3) is 0.407. The lowest BCUT2D eigenvalue weighted by Crippen LogP contribution is -2.56. The number of amides is 2. The highest BCUT2D eigenvalue weighted by atomic mass is 19.1. The minimum atomic E-state index is -0.815. The molecule has 3 aromatic rings. The Balaban J connectivity index is 1.29. The number of hydrogen-bond donors (Lipinski definition) is 2. The van der Waals surface area contributed by atoms with Crippen molar-refractivity contribution < 1.29 is 22.9 Å². The van der Waals surface area contributed by atoms with Gasteiger partial charge in [0.15, 0.2) is 11.5 Å². The minimum absolute atomic E-state index is 0.00194. The molecule has 1 saturated heterocycles. The van der Waals surface area contributed by atoms with Crippen LogP contribution in [0.3, 0.4) is 0 Å². The number of nitrogens with one attached hydrogen (secondary N) is 2. The largest absolute Gasteiger partial charge is 0.355 e. The van der Waals surface area contributed by atoms with E-state index in [1.165, 1.54) is 25.0 Å². The molecule has 0 bridgehead atoms. The van der Waals surface area contributed by atoms with Gasteiger partial charge in [-0.2, -0.15) is 0 Å². The van der Waals surface area contributed by atoms with Crippen molar-refractivity contribution in [1.82, 2.24) is 25.7 Å². The van der Waals surface area contributed by atoms with Gasteiger partial charge in [-0.1, -0.05) is 11.2 Å². The molecule has 2 fully saturated rings. The van der Waals surface area contributed by atoms with Crippen LogP contribution in [0, 0.1) is 23.5 Å². The quantitative estimate of drug-likeness (QED) is 0.480. The highest BCUT2D eigenvalue weighted by Gasteiger charge is 2.38. The SMILES string of the molecule is C[C@@H](NC(=O)[C@H]1CN(CC2CC2)CC[C@@H]1NC(=O)c1cc(-c2ccc(F)cc2F)on1)c1ccccn1. The average Bonchev–Trinajstić information content (AvgIpc) is 3.57. The molecule has 1 aliphatic carbocycles. The van der Waals surface area contributed by atoms with Crippen LogP contribution in [-0.2, 0) is 4.79 Å². The van der Waals surface area contributed by atoms with Gasteiger partial charge >= 0.3 is 0 Å². The number of carbonyl (C=O) groups is 2. The summed E-state index contributed by atoms with van der Waals surface area (Å²) < 4.78 is 32.5. The molecule has 2 aromatic heterocycles. The van der Waals surface area contributed by atoms with E-state index in [-0.39, 0.29) is 29.0 Å². The average molecular weight is 510 g/mol. The third-order valence-corrected chi connectivity index (χ3v) is 6.99. The summed E-state index contributed by atoms with van der Waals surface area (Å²) in [5, 5.41) is 9.76. The van der Waals surface area contributed by atoms with E-state index < -0.39 is 29.5 Å². The van der Waals surface area contributed by atoms with Gasteiger partial charge in [0.05, 0.1) is 23.2 Å². The number of piperidine rings is 1. The van der Waals surface area contributed by atoms with Crippen molar-refractivity contribution in [3.05, 3.63) is 71.7 Å². The molecule has 10 heteroatoms. The van der Waals surface area contributed by atoms with E-state index in [1.807, 2.05) is 25.1 Å². The van der Waals surface area contributed by atoms with E-state index in [0.29, 0.717) is 18.9 Å². The van der Waals surface area contributed by atoms with Crippen LogP contribution in [0.5, 0.6) is 0 Å². The zero-order chi connectivity index (χ0) is 25.9. The third-order valence-electron chi connectivity index (χ3n) is 6.99. The number of likely N-dealkylation sites (tertiary alicyclic amines) is 1. The number of pyridine rings is 1. The van der Waals surface area contributed by atoms with Crippen LogP contribution in [0.25, 0.3) is 11.3 Å². The van der Waals surface area contributed by atoms with E-state index in [2.05, 4.69) is 25.7 Å². The predicted octanol–water partition coefficient (Wildman–Crippen LogP) is 3.72. The Hall–Kier alpha value is -3.66. The van der Waals surface area contributed by atoms with E-state index in [9.17, 15) is 18.4 Å². The molecule has 0 spiro atoms. The Kier molecular flexibility index (Phi) is 7.27. The molecule has 0 unspecified atom stereocenters. The van der Waals surface area contributed by atoms with Crippen LogP contribution in [0.1, 0.15) is 48.4 Å². The van der Waals surface area contributed by atoms with Crippen LogP contribution in [0.4, 0.5) is 8.78 Å². The molecule has 1 aromatic carbocycles. The Morgan fingerprint density at radius 2 is 2.00 bits per heavy atom. The highest BCUT2D eigenvalue weighted by Crippen LogP contribution is 2.31. The van der Waals surface area contributed by atoms with Gasteiger partial charge in [-0.05, 0) is 56.4 Å². The van der Waals surface area contributed by atoms with Gasteiger partial charge in [0.25, 0.3) is 5.91 Å². The van der Waals surface area contributed by atoms with Crippen molar-refractivity contribution in [1.29, 1.82) is 0 Å². The molecular formula is C27H29F2N5O3. The molecule has 1 saturated carbocycles. The molecule has 2 amide bonds. The van der Waals surface area contributed by atoms with Crippen LogP contribution in [0.2, 0.25) is 0 Å². The number of carbonyl (C=O) groups excluding carboxylic acids is 2. The van der Waals surface area contributed by atoms with Gasteiger partial charge in [-0.15, -0.1) is 0 Å². The van der Waals surface area contributed by atoms with Crippen molar-refractivity contribution >= 4 is 11.8 Å². The fourth-order valence-electron chi connectivity index (χ4n) is 4.76. The highest BCUT2D eigenvalue weighted by molar-refractivity contribution is 5.94. The van der Waals surface area contributed by atoms with E-state index in [0.717, 1.165) is 30.9 Å². The predicted molar refractivity (Wildman–Crippen MR) is 131 cm³/mol. The Morgan fingerprint density at radius 1 is 1.16 bits per heavy atom. The summed E-state index contributed by atoms with van der Waals surface area (Å²) in [5.74, 6) is -1.98. The summed E-state index contributed by atoms with van der Waals surface area (Å²) in [4.78, 5) is 33.0. The zero-order valence-electron chi connectivity index (χ0n) is 20.5. The molecule has 2 aliphatic rings. The van der Waals surface area contributed by atoms with Gasteiger partial charge in [0.2, 0.25) is 5.91 Å². The van der Waals surface area contributed by atoms with E-state index in [4.69, 9.17) is 4.52 Å². The van der Waals surface area contributed by atoms with Gasteiger partial charge in [-0.3, -0.25) is 14.6 Å². The molecule has 3 atom stereocenters. The van der Waals surface area contributed by atoms with Crippen molar-refractivity contribution in [3.8, 4) is 11.3 Å². The monoisotopic (exact) mass is 509 g/mol. The number of hydrogen-bond acceptors (Lipinski definition) is 6. The molecule has 5 rings (SSSR count). The second kappa shape index (κ2) is 10.8. The maximum atomic E-state index is 14.1. The number of nitrogens with zero attached hydrogens (tertiary/aromatic N) is 3. The Bertz CT molecular complexity index is 1260. The summed E-state index contributed by atoms with van der Waals surface area (Å²) >= 11 is 0. The lowest BCUT2D eigenvalue weighted by Gasteiger charge is -2.38. The molecule has 2 N–H and O–H groups in total. The molecule has 37 heavy (non-hydrogen) atoms. The fourth-order valence-corrected chi connectivity index (χ4v) is 4.76. The first kappa shape index (κ1) is 25.0. The summed E-state index contributed by atoms with van der Waals surface area (Å²) in [6, 6.07) is 9.23. The number of rotatable bonds is 8. The summed E-state index contributed by atoms with van der Waals surface area (Å²) in [5.41, 5.74) is 0.715. The number of benzene rings is 1. The standard InChI is InChI=1S/C27H29F2N5O3/c1-16(22-4-2-3-10-30-22)31-26(35)20-15-34(14-17-5-6-17)11-9-23(20)32-27(36)24-13-25(37-33-24)19-8-7-18(28)12-21(19)29/h2-4,7-8,10,12-13,16-17,20,23H,5-6,9,11,14-15H2,1H3,(H,31,35)(H,32,36)/t16-,20+,23+/m1/s1. The molecule has 1 aliphatic heterocycles.